The van der Waals surface area contributed by atoms with Crippen LogP contribution >= 0.6 is 0 Å². The molecule has 4 unspecified atom stereocenters. The fourth-order valence-corrected chi connectivity index (χ4v) is 7.14. The summed E-state index contributed by atoms with van der Waals surface area (Å²) in [4.78, 5) is 55.2. The van der Waals surface area contributed by atoms with E-state index in [4.69, 9.17) is 0 Å². The van der Waals surface area contributed by atoms with Crippen LogP contribution in [-0.2, 0) is 31.0 Å². The molecule has 1 saturated heterocycles. The van der Waals surface area contributed by atoms with Gasteiger partial charge in [0.25, 0.3) is 18.2 Å². The normalized spacial score (nSPS) is 29.1. The second-order valence-electron chi connectivity index (χ2n) is 12.3. The Labute approximate surface area is 249 Å². The molecule has 0 spiro atoms. The van der Waals surface area contributed by atoms with E-state index in [9.17, 15) is 36.4 Å². The van der Waals surface area contributed by atoms with Crippen LogP contribution in [0.3, 0.4) is 0 Å². The zero-order chi connectivity index (χ0) is 31.0. The summed E-state index contributed by atoms with van der Waals surface area (Å²) >= 11 is 0. The van der Waals surface area contributed by atoms with E-state index in [-0.39, 0.29) is 24.6 Å². The molecule has 2 aliphatic heterocycles. The molecule has 1 aromatic heterocycles. The Morgan fingerprint density at radius 3 is 2.65 bits per heavy atom. The summed E-state index contributed by atoms with van der Waals surface area (Å²) in [6.07, 6.45) is 7.53. The van der Waals surface area contributed by atoms with Crippen LogP contribution < -0.4 is 15.4 Å². The molecule has 3 fully saturated rings. The summed E-state index contributed by atoms with van der Waals surface area (Å²) < 4.78 is 53.3. The highest BCUT2D eigenvalue weighted by Crippen LogP contribution is 2.47. The fourth-order valence-electron chi connectivity index (χ4n) is 5.83. The maximum atomic E-state index is 13.8. The minimum absolute atomic E-state index is 0.104. The predicted molar refractivity (Wildman–Crippen MR) is 150 cm³/mol. The van der Waals surface area contributed by atoms with E-state index in [1.807, 2.05) is 12.2 Å². The van der Waals surface area contributed by atoms with Gasteiger partial charge in [0.1, 0.15) is 29.9 Å². The fraction of sp³-hybridized carbons (Fsp3) is 0.679. The Hall–Kier alpha value is -3.36. The molecule has 5 rings (SSSR count). The highest BCUT2D eigenvalue weighted by molar-refractivity contribution is 7.91. The number of hydrogen-bond acceptors (Lipinski definition) is 7. The molecule has 2 saturated carbocycles. The second kappa shape index (κ2) is 12.0. The third kappa shape index (κ3) is 6.60. The first kappa shape index (κ1) is 31.1. The number of sulfonamides is 1. The number of fused-ring (bicyclic) bond motifs is 2. The van der Waals surface area contributed by atoms with Crippen LogP contribution in [0.5, 0.6) is 0 Å². The van der Waals surface area contributed by atoms with Gasteiger partial charge in [-0.2, -0.15) is 5.10 Å². The van der Waals surface area contributed by atoms with E-state index in [1.165, 1.54) is 17.2 Å². The molecular formula is C28H38F2N6O6S. The number of carbonyl (C=O) groups excluding carboxylic acids is 4. The van der Waals surface area contributed by atoms with Crippen molar-refractivity contribution in [3.05, 3.63) is 30.1 Å². The Balaban J connectivity index is 1.34. The van der Waals surface area contributed by atoms with Gasteiger partial charge in [0.15, 0.2) is 0 Å². The number of hydrogen-bond donors (Lipinski definition) is 3. The van der Waals surface area contributed by atoms with E-state index < -0.39 is 69.0 Å². The minimum Gasteiger partial charge on any atom is -0.339 e. The average molecular weight is 625 g/mol. The van der Waals surface area contributed by atoms with E-state index in [0.29, 0.717) is 44.9 Å². The van der Waals surface area contributed by atoms with Gasteiger partial charge in [-0.15, -0.1) is 0 Å². The van der Waals surface area contributed by atoms with Crippen LogP contribution in [0.2, 0.25) is 0 Å². The number of allylic oxidation sites excluding steroid dienone is 1. The van der Waals surface area contributed by atoms with Crippen molar-refractivity contribution < 1.29 is 36.4 Å². The molecule has 12 nitrogen and oxygen atoms in total. The third-order valence-electron chi connectivity index (χ3n) is 8.97. The number of nitrogens with one attached hydrogen (secondary N) is 3. The molecule has 3 heterocycles. The Morgan fingerprint density at radius 2 is 1.93 bits per heavy atom. The monoisotopic (exact) mass is 624 g/mol. The molecule has 4 amide bonds. The van der Waals surface area contributed by atoms with Gasteiger partial charge in [0.2, 0.25) is 21.8 Å². The number of amides is 4. The molecule has 2 aliphatic carbocycles. The number of rotatable bonds is 7. The summed E-state index contributed by atoms with van der Waals surface area (Å²) in [7, 11) is -3.93. The molecule has 3 N–H and O–H groups in total. The Bertz CT molecular complexity index is 1410. The summed E-state index contributed by atoms with van der Waals surface area (Å²) in [5.74, 6) is -2.86. The van der Waals surface area contributed by atoms with Gasteiger partial charge >= 0.3 is 0 Å². The van der Waals surface area contributed by atoms with Crippen molar-refractivity contribution in [2.24, 2.45) is 5.92 Å². The first-order chi connectivity index (χ1) is 20.3. The maximum absolute atomic E-state index is 13.8. The van der Waals surface area contributed by atoms with Gasteiger partial charge in [-0.05, 0) is 64.4 Å². The number of carbonyl (C=O) groups is 4. The summed E-state index contributed by atoms with van der Waals surface area (Å²) in [5, 5.41) is 9.37. The SMILES string of the molecule is CC1(S(=O)(=O)NC(=O)C23CC2C=CCCCCCC(NC(=O)c2ccn(CC(F)F)n2)C(=O)N2CCCC2C(=O)N3)CC1. The van der Waals surface area contributed by atoms with E-state index >= 15 is 0 Å². The summed E-state index contributed by atoms with van der Waals surface area (Å²) in [6.45, 7) is 1.17. The van der Waals surface area contributed by atoms with Gasteiger partial charge in [0, 0.05) is 18.7 Å². The van der Waals surface area contributed by atoms with Gasteiger partial charge in [-0.3, -0.25) is 28.6 Å². The molecule has 0 bridgehead atoms. The lowest BCUT2D eigenvalue weighted by molar-refractivity contribution is -0.141. The summed E-state index contributed by atoms with van der Waals surface area (Å²) in [5.41, 5.74) is -1.54. The van der Waals surface area contributed by atoms with E-state index in [1.54, 1.807) is 6.92 Å². The van der Waals surface area contributed by atoms with Crippen molar-refractivity contribution in [1.29, 1.82) is 0 Å². The van der Waals surface area contributed by atoms with Gasteiger partial charge in [-0.1, -0.05) is 25.0 Å². The topological polar surface area (TPSA) is 160 Å². The quantitative estimate of drug-likeness (QED) is 0.389. The second-order valence-corrected chi connectivity index (χ2v) is 14.4. The smallest absolute Gasteiger partial charge is 0.272 e. The molecule has 0 aromatic carbocycles. The van der Waals surface area contributed by atoms with Crippen molar-refractivity contribution in [1.82, 2.24) is 30.0 Å². The van der Waals surface area contributed by atoms with Crippen LogP contribution in [0.1, 0.15) is 81.6 Å². The van der Waals surface area contributed by atoms with Crippen LogP contribution in [-0.4, -0.2) is 82.1 Å². The molecule has 0 radical (unpaired) electrons. The maximum Gasteiger partial charge on any atom is 0.272 e. The van der Waals surface area contributed by atoms with Gasteiger partial charge in [0.05, 0.1) is 4.75 Å². The largest absolute Gasteiger partial charge is 0.339 e. The molecule has 43 heavy (non-hydrogen) atoms. The first-order valence-corrected chi connectivity index (χ1v) is 16.3. The van der Waals surface area contributed by atoms with Crippen LogP contribution in [0.15, 0.2) is 24.4 Å². The third-order valence-corrected chi connectivity index (χ3v) is 11.1. The average Bonchev–Trinajstić information content (AvgIpc) is 3.69. The van der Waals surface area contributed by atoms with Crippen molar-refractivity contribution in [2.45, 2.75) is 106 Å². The van der Waals surface area contributed by atoms with Gasteiger partial charge in [-0.25, -0.2) is 17.2 Å². The Kier molecular flexibility index (Phi) is 8.65. The zero-order valence-electron chi connectivity index (χ0n) is 24.1. The molecule has 4 atom stereocenters. The molecule has 4 aliphatic rings. The van der Waals surface area contributed by atoms with Gasteiger partial charge < -0.3 is 15.5 Å². The number of aromatic nitrogens is 2. The van der Waals surface area contributed by atoms with Crippen molar-refractivity contribution in [3.63, 3.8) is 0 Å². The molecule has 1 aromatic rings. The molecule has 236 valence electrons. The molecular weight excluding hydrogens is 586 g/mol. The lowest BCUT2D eigenvalue weighted by Gasteiger charge is -2.30. The van der Waals surface area contributed by atoms with Crippen molar-refractivity contribution in [3.8, 4) is 0 Å². The van der Waals surface area contributed by atoms with E-state index in [0.717, 1.165) is 17.5 Å². The van der Waals surface area contributed by atoms with Crippen LogP contribution in [0.25, 0.3) is 0 Å². The predicted octanol–water partition coefficient (Wildman–Crippen LogP) is 1.63. The number of halogens is 2. The lowest BCUT2D eigenvalue weighted by Crippen LogP contribution is -2.58. The number of alkyl halides is 2. The standard InChI is InChI=1S/C28H38F2N6O6S/c1-27(12-13-27)43(41,42)34-26(40)28-16-18(28)8-5-3-2-4-6-9-20(25(39)36-14-7-10-21(36)24(38)32-28)31-23(37)19-11-15-35(33-19)17-22(29)30/h5,8,11,15,18,20-22H,2-4,6-7,9-10,12-14,16-17H2,1H3,(H,31,37)(H,32,38)(H,34,40). The highest BCUT2D eigenvalue weighted by Gasteiger charge is 2.63. The minimum atomic E-state index is -3.93. The lowest BCUT2D eigenvalue weighted by atomic mass is 10.0. The summed E-state index contributed by atoms with van der Waals surface area (Å²) in [6, 6.07) is -0.583. The first-order valence-electron chi connectivity index (χ1n) is 14.8. The number of nitrogens with zero attached hydrogens (tertiary/aromatic N) is 3. The van der Waals surface area contributed by atoms with Crippen molar-refractivity contribution in [2.75, 3.05) is 6.54 Å². The van der Waals surface area contributed by atoms with Crippen LogP contribution in [0, 0.1) is 5.92 Å². The Morgan fingerprint density at radius 1 is 1.16 bits per heavy atom. The highest BCUT2D eigenvalue weighted by atomic mass is 32.2. The van der Waals surface area contributed by atoms with E-state index in [2.05, 4.69) is 20.5 Å². The van der Waals surface area contributed by atoms with Crippen LogP contribution in [0.4, 0.5) is 8.78 Å². The van der Waals surface area contributed by atoms with Crippen molar-refractivity contribution >= 4 is 33.7 Å². The zero-order valence-corrected chi connectivity index (χ0v) is 24.9. The molecule has 15 heteroatoms.